The molecular formula is C25H32ClN5O3Si. The molecule has 0 fully saturated rings. The van der Waals surface area contributed by atoms with Crippen LogP contribution in [0.5, 0.6) is 0 Å². The van der Waals surface area contributed by atoms with Crippen molar-refractivity contribution >= 4 is 48.8 Å². The number of rotatable bonds is 9. The Kier molecular flexibility index (Phi) is 8.37. The van der Waals surface area contributed by atoms with E-state index in [1.807, 2.05) is 12.1 Å². The van der Waals surface area contributed by atoms with E-state index in [0.717, 1.165) is 5.69 Å². The number of hydrogen-bond acceptors (Lipinski definition) is 5. The average molecular weight is 514 g/mol. The summed E-state index contributed by atoms with van der Waals surface area (Å²) in [4.78, 5) is 32.1. The summed E-state index contributed by atoms with van der Waals surface area (Å²) in [6.45, 7) is 12.5. The van der Waals surface area contributed by atoms with Crippen molar-refractivity contribution in [1.29, 1.82) is 0 Å². The molecule has 2 amide bonds. The quantitative estimate of drug-likeness (QED) is 0.207. The van der Waals surface area contributed by atoms with Gasteiger partial charge in [0.25, 0.3) is 11.8 Å². The van der Waals surface area contributed by atoms with Gasteiger partial charge in [-0.2, -0.15) is 0 Å². The molecular weight excluding hydrogens is 482 g/mol. The Labute approximate surface area is 212 Å². The highest BCUT2D eigenvalue weighted by molar-refractivity contribution is 6.74. The van der Waals surface area contributed by atoms with Crippen molar-refractivity contribution in [2.45, 2.75) is 38.9 Å². The van der Waals surface area contributed by atoms with Crippen molar-refractivity contribution in [3.05, 3.63) is 71.3 Å². The molecule has 0 bridgehead atoms. The predicted molar refractivity (Wildman–Crippen MR) is 144 cm³/mol. The van der Waals surface area contributed by atoms with Gasteiger partial charge in [0, 0.05) is 28.6 Å². The summed E-state index contributed by atoms with van der Waals surface area (Å²) < 4.78 is 6.18. The maximum atomic E-state index is 12.8. The van der Waals surface area contributed by atoms with E-state index in [1.165, 1.54) is 6.33 Å². The zero-order chi connectivity index (χ0) is 25.6. The number of anilines is 3. The molecule has 186 valence electrons. The standard InChI is InChI=1S/C25H32ClN5O3Si/c1-25(2,3)35(4,5)34-15-14-27-18-10-12-20(13-11-18)31-24(33)22-21(28-16-29-22)23(32)30-19-8-6-17(26)7-9-19/h6-13,16,27H,14-15H2,1-5H3,(H,28,29)(H,30,32)(H,31,33). The second-order valence-electron chi connectivity index (χ2n) is 9.65. The van der Waals surface area contributed by atoms with E-state index in [-0.39, 0.29) is 16.4 Å². The van der Waals surface area contributed by atoms with Gasteiger partial charge in [-0.15, -0.1) is 0 Å². The molecule has 0 saturated heterocycles. The minimum atomic E-state index is -1.76. The monoisotopic (exact) mass is 513 g/mol. The summed E-state index contributed by atoms with van der Waals surface area (Å²) in [6.07, 6.45) is 1.31. The molecule has 2 aromatic carbocycles. The van der Waals surface area contributed by atoms with Gasteiger partial charge in [-0.1, -0.05) is 32.4 Å². The zero-order valence-corrected chi connectivity index (χ0v) is 22.4. The summed E-state index contributed by atoms with van der Waals surface area (Å²) >= 11 is 5.87. The summed E-state index contributed by atoms with van der Waals surface area (Å²) in [7, 11) is -1.76. The molecule has 1 heterocycles. The third-order valence-corrected chi connectivity index (χ3v) is 10.8. The van der Waals surface area contributed by atoms with Crippen molar-refractivity contribution in [2.75, 3.05) is 29.1 Å². The fraction of sp³-hybridized carbons (Fsp3) is 0.320. The van der Waals surface area contributed by atoms with Crippen LogP contribution in [0.1, 0.15) is 41.7 Å². The first-order valence-electron chi connectivity index (χ1n) is 11.4. The van der Waals surface area contributed by atoms with Crippen LogP contribution in [0.25, 0.3) is 0 Å². The highest BCUT2D eigenvalue weighted by Gasteiger charge is 2.36. The van der Waals surface area contributed by atoms with Crippen LogP contribution in [0, 0.1) is 0 Å². The highest BCUT2D eigenvalue weighted by Crippen LogP contribution is 2.36. The van der Waals surface area contributed by atoms with Crippen LogP contribution in [0.2, 0.25) is 23.2 Å². The molecule has 0 aliphatic rings. The first-order chi connectivity index (χ1) is 16.5. The normalized spacial score (nSPS) is 11.7. The van der Waals surface area contributed by atoms with Gasteiger partial charge in [-0.05, 0) is 66.7 Å². The van der Waals surface area contributed by atoms with Gasteiger partial charge < -0.3 is 25.4 Å². The van der Waals surface area contributed by atoms with E-state index in [1.54, 1.807) is 36.4 Å². The number of imidazole rings is 1. The van der Waals surface area contributed by atoms with E-state index < -0.39 is 20.1 Å². The minimum Gasteiger partial charge on any atom is -0.415 e. The number of carbonyl (C=O) groups excluding carboxylic acids is 2. The molecule has 0 aliphatic carbocycles. The summed E-state index contributed by atoms with van der Waals surface area (Å²) in [6, 6.07) is 14.0. The first kappa shape index (κ1) is 26.5. The van der Waals surface area contributed by atoms with Gasteiger partial charge in [0.2, 0.25) is 0 Å². The molecule has 8 nitrogen and oxygen atoms in total. The molecule has 10 heteroatoms. The van der Waals surface area contributed by atoms with Crippen LogP contribution in [-0.4, -0.2) is 43.3 Å². The number of benzene rings is 2. The summed E-state index contributed by atoms with van der Waals surface area (Å²) in [5.41, 5.74) is 2.13. The number of H-pyrrole nitrogens is 1. The topological polar surface area (TPSA) is 108 Å². The first-order valence-corrected chi connectivity index (χ1v) is 14.6. The highest BCUT2D eigenvalue weighted by atomic mass is 35.5. The molecule has 35 heavy (non-hydrogen) atoms. The van der Waals surface area contributed by atoms with Crippen LogP contribution >= 0.6 is 11.6 Å². The fourth-order valence-electron chi connectivity index (χ4n) is 2.95. The van der Waals surface area contributed by atoms with E-state index in [4.69, 9.17) is 16.0 Å². The van der Waals surface area contributed by atoms with E-state index >= 15 is 0 Å². The third kappa shape index (κ3) is 7.17. The number of carbonyl (C=O) groups is 2. The zero-order valence-electron chi connectivity index (χ0n) is 20.7. The van der Waals surface area contributed by atoms with Gasteiger partial charge in [0.1, 0.15) is 5.69 Å². The van der Waals surface area contributed by atoms with E-state index in [2.05, 4.69) is 59.8 Å². The Morgan fingerprint density at radius 1 is 0.943 bits per heavy atom. The number of aromatic amines is 1. The second-order valence-corrected chi connectivity index (χ2v) is 14.9. The van der Waals surface area contributed by atoms with E-state index in [0.29, 0.717) is 29.5 Å². The van der Waals surface area contributed by atoms with Crippen LogP contribution < -0.4 is 16.0 Å². The number of nitrogens with zero attached hydrogens (tertiary/aromatic N) is 1. The lowest BCUT2D eigenvalue weighted by molar-refractivity contribution is 0.0985. The lowest BCUT2D eigenvalue weighted by Crippen LogP contribution is -2.41. The number of hydrogen-bond donors (Lipinski definition) is 4. The van der Waals surface area contributed by atoms with Gasteiger partial charge >= 0.3 is 0 Å². The molecule has 0 aliphatic heterocycles. The number of nitrogens with one attached hydrogen (secondary N) is 4. The second kappa shape index (κ2) is 11.1. The van der Waals surface area contributed by atoms with Crippen molar-refractivity contribution < 1.29 is 14.0 Å². The van der Waals surface area contributed by atoms with Gasteiger partial charge in [-0.3, -0.25) is 9.59 Å². The van der Waals surface area contributed by atoms with Gasteiger partial charge in [0.15, 0.2) is 14.0 Å². The van der Waals surface area contributed by atoms with Gasteiger partial charge in [0.05, 0.1) is 12.9 Å². The van der Waals surface area contributed by atoms with Crippen LogP contribution in [-0.2, 0) is 4.43 Å². The van der Waals surface area contributed by atoms with Crippen LogP contribution in [0.3, 0.4) is 0 Å². The summed E-state index contributed by atoms with van der Waals surface area (Å²) in [5, 5.41) is 9.56. The smallest absolute Gasteiger partial charge is 0.276 e. The van der Waals surface area contributed by atoms with Crippen LogP contribution in [0.15, 0.2) is 54.9 Å². The Hall–Kier alpha value is -3.14. The van der Waals surface area contributed by atoms with Gasteiger partial charge in [-0.25, -0.2) is 4.98 Å². The number of aromatic nitrogens is 2. The largest absolute Gasteiger partial charge is 0.415 e. The molecule has 1 aromatic heterocycles. The Balaban J connectivity index is 1.53. The van der Waals surface area contributed by atoms with E-state index in [9.17, 15) is 9.59 Å². The lowest BCUT2D eigenvalue weighted by Gasteiger charge is -2.36. The number of halogens is 1. The molecule has 0 atom stereocenters. The lowest BCUT2D eigenvalue weighted by atomic mass is 10.2. The maximum absolute atomic E-state index is 12.8. The minimum absolute atomic E-state index is 0.00234. The molecule has 0 radical (unpaired) electrons. The molecule has 0 unspecified atom stereocenters. The Morgan fingerprint density at radius 2 is 1.49 bits per heavy atom. The number of amides is 2. The fourth-order valence-corrected chi connectivity index (χ4v) is 4.12. The molecule has 4 N–H and O–H groups in total. The van der Waals surface area contributed by atoms with Crippen molar-refractivity contribution in [2.24, 2.45) is 0 Å². The molecule has 3 aromatic rings. The predicted octanol–water partition coefficient (Wildman–Crippen LogP) is 6.00. The molecule has 0 saturated carbocycles. The average Bonchev–Trinajstić information content (AvgIpc) is 3.29. The van der Waals surface area contributed by atoms with Crippen molar-refractivity contribution in [3.8, 4) is 0 Å². The van der Waals surface area contributed by atoms with Crippen molar-refractivity contribution in [1.82, 2.24) is 9.97 Å². The Bertz CT molecular complexity index is 1160. The third-order valence-electron chi connectivity index (χ3n) is 6.03. The SMILES string of the molecule is CC(C)(C)[Si](C)(C)OCCNc1ccc(NC(=O)c2[nH]cnc2C(=O)Nc2ccc(Cl)cc2)cc1. The van der Waals surface area contributed by atoms with Crippen molar-refractivity contribution in [3.63, 3.8) is 0 Å². The molecule has 0 spiro atoms. The summed E-state index contributed by atoms with van der Waals surface area (Å²) in [5.74, 6) is -0.967. The maximum Gasteiger partial charge on any atom is 0.276 e. The van der Waals surface area contributed by atoms with Crippen LogP contribution in [0.4, 0.5) is 17.1 Å². The Morgan fingerprint density at radius 3 is 2.09 bits per heavy atom. The molecule has 3 rings (SSSR count).